The third-order valence-corrected chi connectivity index (χ3v) is 5.31. The van der Waals surface area contributed by atoms with Crippen LogP contribution >= 0.6 is 11.8 Å². The van der Waals surface area contributed by atoms with Gasteiger partial charge in [-0.05, 0) is 49.8 Å². The molecule has 0 heterocycles. The van der Waals surface area contributed by atoms with Crippen LogP contribution in [0.5, 0.6) is 0 Å². The van der Waals surface area contributed by atoms with E-state index >= 15 is 0 Å². The summed E-state index contributed by atoms with van der Waals surface area (Å²) in [4.78, 5) is 14.8. The normalized spacial score (nSPS) is 22.0. The largest absolute Gasteiger partial charge is 0.398 e. The Labute approximate surface area is 130 Å². The monoisotopic (exact) mass is 310 g/mol. The summed E-state index contributed by atoms with van der Waals surface area (Å²) in [5.74, 6) is 0.833. The van der Waals surface area contributed by atoms with Gasteiger partial charge < -0.3 is 10.6 Å². The molecule has 21 heavy (non-hydrogen) atoms. The summed E-state index contributed by atoms with van der Waals surface area (Å²) in [7, 11) is 1.87. The highest BCUT2D eigenvalue weighted by Gasteiger charge is 2.24. The second-order valence-electron chi connectivity index (χ2n) is 5.89. The first-order valence-corrected chi connectivity index (χ1v) is 8.39. The molecule has 0 aromatic heterocycles. The van der Waals surface area contributed by atoms with E-state index in [1.165, 1.54) is 42.8 Å². The molecule has 0 saturated heterocycles. The Morgan fingerprint density at radius 3 is 2.71 bits per heavy atom. The van der Waals surface area contributed by atoms with Crippen LogP contribution in [0.25, 0.3) is 0 Å². The molecule has 1 aliphatic rings. The average molecular weight is 310 g/mol. The maximum atomic E-state index is 13.2. The number of carbonyl (C=O) groups excluding carboxylic acids is 1. The predicted molar refractivity (Wildman–Crippen MR) is 85.7 cm³/mol. The highest BCUT2D eigenvalue weighted by Crippen LogP contribution is 2.29. The topological polar surface area (TPSA) is 46.3 Å². The van der Waals surface area contributed by atoms with Gasteiger partial charge in [-0.1, -0.05) is 6.92 Å². The first-order chi connectivity index (χ1) is 9.97. The van der Waals surface area contributed by atoms with E-state index in [4.69, 9.17) is 5.73 Å². The number of nitrogen functional groups attached to an aromatic ring is 1. The van der Waals surface area contributed by atoms with Crippen molar-refractivity contribution in [3.8, 4) is 0 Å². The second-order valence-corrected chi connectivity index (χ2v) is 6.91. The number of rotatable bonds is 4. The van der Waals surface area contributed by atoms with Gasteiger partial charge in [0.2, 0.25) is 5.91 Å². The van der Waals surface area contributed by atoms with Crippen LogP contribution in [0.1, 0.15) is 32.6 Å². The van der Waals surface area contributed by atoms with Gasteiger partial charge in [-0.25, -0.2) is 4.39 Å². The van der Waals surface area contributed by atoms with E-state index in [0.29, 0.717) is 22.4 Å². The molecule has 1 amide bonds. The number of amides is 1. The number of halogens is 1. The van der Waals surface area contributed by atoms with Gasteiger partial charge in [0, 0.05) is 23.7 Å². The lowest BCUT2D eigenvalue weighted by Gasteiger charge is -2.33. The Bertz CT molecular complexity index is 501. The molecule has 116 valence electrons. The maximum absolute atomic E-state index is 13.2. The van der Waals surface area contributed by atoms with Gasteiger partial charge in [0.05, 0.1) is 5.75 Å². The van der Waals surface area contributed by atoms with Crippen LogP contribution in [-0.4, -0.2) is 29.6 Å². The third-order valence-electron chi connectivity index (χ3n) is 4.25. The Morgan fingerprint density at radius 2 is 2.05 bits per heavy atom. The highest BCUT2D eigenvalue weighted by atomic mass is 32.2. The minimum absolute atomic E-state index is 0.0863. The van der Waals surface area contributed by atoms with Gasteiger partial charge in [-0.2, -0.15) is 0 Å². The summed E-state index contributed by atoms with van der Waals surface area (Å²) in [6, 6.07) is 4.60. The fraction of sp³-hybridized carbons (Fsp3) is 0.562. The predicted octanol–water partition coefficient (Wildman–Crippen LogP) is 3.54. The van der Waals surface area contributed by atoms with Gasteiger partial charge in [-0.3, -0.25) is 4.79 Å². The van der Waals surface area contributed by atoms with E-state index < -0.39 is 0 Å². The lowest BCUT2D eigenvalue weighted by molar-refractivity contribution is -0.129. The quantitative estimate of drug-likeness (QED) is 0.683. The van der Waals surface area contributed by atoms with Crippen LogP contribution in [0.4, 0.5) is 10.1 Å². The lowest BCUT2D eigenvalue weighted by Crippen LogP contribution is -2.40. The first kappa shape index (κ1) is 16.1. The van der Waals surface area contributed by atoms with Gasteiger partial charge in [-0.15, -0.1) is 11.8 Å². The van der Waals surface area contributed by atoms with Crippen molar-refractivity contribution < 1.29 is 9.18 Å². The summed E-state index contributed by atoms with van der Waals surface area (Å²) >= 11 is 1.31. The molecular formula is C16H23FN2OS. The third kappa shape index (κ3) is 4.37. The molecule has 0 atom stereocenters. The number of benzene rings is 1. The molecule has 1 aromatic carbocycles. The molecule has 1 aliphatic carbocycles. The van der Waals surface area contributed by atoms with E-state index in [-0.39, 0.29) is 11.7 Å². The molecule has 2 rings (SSSR count). The Morgan fingerprint density at radius 1 is 1.38 bits per heavy atom. The smallest absolute Gasteiger partial charge is 0.232 e. The van der Waals surface area contributed by atoms with Crippen molar-refractivity contribution in [2.75, 3.05) is 18.5 Å². The molecule has 0 bridgehead atoms. The van der Waals surface area contributed by atoms with E-state index in [0.717, 1.165) is 18.8 Å². The van der Waals surface area contributed by atoms with Gasteiger partial charge >= 0.3 is 0 Å². The fourth-order valence-corrected chi connectivity index (χ4v) is 3.62. The van der Waals surface area contributed by atoms with E-state index in [1.54, 1.807) is 0 Å². The molecular weight excluding hydrogens is 287 g/mol. The Kier molecular flexibility index (Phi) is 5.51. The number of nitrogens with zero attached hydrogens (tertiary/aromatic N) is 1. The first-order valence-electron chi connectivity index (χ1n) is 7.41. The maximum Gasteiger partial charge on any atom is 0.232 e. The van der Waals surface area contributed by atoms with E-state index in [2.05, 4.69) is 6.92 Å². The zero-order valence-corrected chi connectivity index (χ0v) is 13.5. The van der Waals surface area contributed by atoms with Crippen molar-refractivity contribution in [2.45, 2.75) is 43.5 Å². The Balaban J connectivity index is 1.87. The lowest BCUT2D eigenvalue weighted by atomic mass is 9.87. The average Bonchev–Trinajstić information content (AvgIpc) is 2.48. The van der Waals surface area contributed by atoms with Crippen molar-refractivity contribution in [3.05, 3.63) is 24.0 Å². The minimum atomic E-state index is -0.325. The highest BCUT2D eigenvalue weighted by molar-refractivity contribution is 8.00. The number of carbonyl (C=O) groups is 1. The summed E-state index contributed by atoms with van der Waals surface area (Å²) in [5.41, 5.74) is 6.31. The molecule has 1 fully saturated rings. The zero-order chi connectivity index (χ0) is 15.4. The SMILES string of the molecule is CC1CCC(N(C)C(=O)CSc2cc(F)ccc2N)CC1. The van der Waals surface area contributed by atoms with Crippen LogP contribution in [0, 0.1) is 11.7 Å². The summed E-state index contributed by atoms with van der Waals surface area (Å²) < 4.78 is 13.2. The molecule has 0 unspecified atom stereocenters. The number of hydrogen-bond donors (Lipinski definition) is 1. The molecule has 1 saturated carbocycles. The number of hydrogen-bond acceptors (Lipinski definition) is 3. The van der Waals surface area contributed by atoms with Crippen molar-refractivity contribution in [3.63, 3.8) is 0 Å². The van der Waals surface area contributed by atoms with E-state index in [9.17, 15) is 9.18 Å². The van der Waals surface area contributed by atoms with Gasteiger partial charge in [0.25, 0.3) is 0 Å². The summed E-state index contributed by atoms with van der Waals surface area (Å²) in [6.45, 7) is 2.26. The second kappa shape index (κ2) is 7.16. The minimum Gasteiger partial charge on any atom is -0.398 e. The van der Waals surface area contributed by atoms with Crippen molar-refractivity contribution in [1.29, 1.82) is 0 Å². The number of nitrogens with two attached hydrogens (primary N) is 1. The van der Waals surface area contributed by atoms with Crippen molar-refractivity contribution in [2.24, 2.45) is 5.92 Å². The van der Waals surface area contributed by atoms with Gasteiger partial charge in [0.15, 0.2) is 0 Å². The summed E-state index contributed by atoms with van der Waals surface area (Å²) in [5, 5.41) is 0. The van der Waals surface area contributed by atoms with E-state index in [1.807, 2.05) is 11.9 Å². The molecule has 0 radical (unpaired) electrons. The number of thioether (sulfide) groups is 1. The summed E-state index contributed by atoms with van der Waals surface area (Å²) in [6.07, 6.45) is 4.53. The zero-order valence-electron chi connectivity index (χ0n) is 12.6. The van der Waals surface area contributed by atoms with Crippen molar-refractivity contribution >= 4 is 23.4 Å². The van der Waals surface area contributed by atoms with Crippen LogP contribution in [-0.2, 0) is 4.79 Å². The molecule has 3 nitrogen and oxygen atoms in total. The molecule has 2 N–H and O–H groups in total. The van der Waals surface area contributed by atoms with Crippen LogP contribution < -0.4 is 5.73 Å². The van der Waals surface area contributed by atoms with Gasteiger partial charge in [0.1, 0.15) is 5.82 Å². The number of anilines is 1. The van der Waals surface area contributed by atoms with Crippen LogP contribution in [0.15, 0.2) is 23.1 Å². The standard InChI is InChI=1S/C16H23FN2OS/c1-11-3-6-13(7-4-11)19(2)16(20)10-21-15-9-12(17)5-8-14(15)18/h5,8-9,11,13H,3-4,6-7,10,18H2,1-2H3. The van der Waals surface area contributed by atoms with Crippen LogP contribution in [0.3, 0.4) is 0 Å². The molecule has 1 aromatic rings. The van der Waals surface area contributed by atoms with Crippen molar-refractivity contribution in [1.82, 2.24) is 4.90 Å². The van der Waals surface area contributed by atoms with Crippen LogP contribution in [0.2, 0.25) is 0 Å². The molecule has 5 heteroatoms. The Hall–Kier alpha value is -1.23. The fourth-order valence-electron chi connectivity index (χ4n) is 2.71. The molecule has 0 aliphatic heterocycles. The molecule has 0 spiro atoms.